The normalized spacial score (nSPS) is 20.8. The molecule has 1 fully saturated rings. The van der Waals surface area contributed by atoms with Gasteiger partial charge in [-0.1, -0.05) is 64.7 Å². The van der Waals surface area contributed by atoms with Gasteiger partial charge >= 0.3 is 5.69 Å². The minimum atomic E-state index is -1.47. The summed E-state index contributed by atoms with van der Waals surface area (Å²) in [7, 11) is 0. The van der Waals surface area contributed by atoms with Gasteiger partial charge in [0.25, 0.3) is 0 Å². The quantitative estimate of drug-likeness (QED) is 0.165. The molecule has 11 nitrogen and oxygen atoms in total. The van der Waals surface area contributed by atoms with E-state index in [1.165, 1.54) is 44.4 Å². The van der Waals surface area contributed by atoms with Crippen LogP contribution >= 0.6 is 0 Å². The number of nitrogens with zero attached hydrogens (tertiary/aromatic N) is 2. The number of ether oxygens (including phenoxy) is 1. The zero-order valence-corrected chi connectivity index (χ0v) is 22.7. The Morgan fingerprint density at radius 1 is 1.13 bits per heavy atom. The maximum absolute atomic E-state index is 12.6. The monoisotopic (exact) mass is 537 g/mol. The number of aliphatic hydroxyl groups excluding tert-OH is 2. The fourth-order valence-electron chi connectivity index (χ4n) is 4.63. The van der Waals surface area contributed by atoms with Crippen molar-refractivity contribution >= 4 is 17.5 Å². The third-order valence-electron chi connectivity index (χ3n) is 7.00. The van der Waals surface area contributed by atoms with E-state index < -0.39 is 42.2 Å². The van der Waals surface area contributed by atoms with E-state index in [1.54, 1.807) is 0 Å². The molecule has 1 unspecified atom stereocenters. The van der Waals surface area contributed by atoms with Gasteiger partial charge in [-0.2, -0.15) is 4.98 Å². The van der Waals surface area contributed by atoms with Crippen LogP contribution < -0.4 is 22.5 Å². The fourth-order valence-corrected chi connectivity index (χ4v) is 4.63. The van der Waals surface area contributed by atoms with Crippen LogP contribution in [0, 0.1) is 0 Å². The number of rotatable bonds is 19. The van der Waals surface area contributed by atoms with Crippen molar-refractivity contribution in [2.75, 3.05) is 11.9 Å². The lowest BCUT2D eigenvalue weighted by atomic mass is 9.99. The van der Waals surface area contributed by atoms with Gasteiger partial charge in [0.1, 0.15) is 24.3 Å². The first kappa shape index (κ1) is 32.0. The summed E-state index contributed by atoms with van der Waals surface area (Å²) in [4.78, 5) is 41.2. The number of amides is 1. The second-order valence-electron chi connectivity index (χ2n) is 10.2. The molecule has 1 aliphatic rings. The second-order valence-corrected chi connectivity index (χ2v) is 10.2. The Balaban J connectivity index is 1.80. The van der Waals surface area contributed by atoms with Crippen LogP contribution in [0.2, 0.25) is 0 Å². The van der Waals surface area contributed by atoms with Gasteiger partial charge in [0.2, 0.25) is 5.91 Å². The molecular formula is C27H47N5O6. The molecule has 5 atom stereocenters. The average molecular weight is 538 g/mol. The van der Waals surface area contributed by atoms with Crippen LogP contribution in [-0.4, -0.2) is 62.4 Å². The Morgan fingerprint density at radius 3 is 2.42 bits per heavy atom. The SMILES string of the molecule is CCCCCCCCCCCC(=O)C(O)[C@H]1O[C@@H](n2ccc(NC(=O)[C@@H](N)CCCCN)nc2=O)C[C@@H]1O. The average Bonchev–Trinajstić information content (AvgIpc) is 3.28. The van der Waals surface area contributed by atoms with E-state index in [2.05, 4.69) is 17.2 Å². The molecule has 7 N–H and O–H groups in total. The first-order chi connectivity index (χ1) is 18.3. The number of nitrogens with one attached hydrogen (secondary N) is 1. The van der Waals surface area contributed by atoms with Crippen LogP contribution in [0.1, 0.15) is 103 Å². The van der Waals surface area contributed by atoms with Crippen molar-refractivity contribution in [1.29, 1.82) is 0 Å². The van der Waals surface area contributed by atoms with E-state index in [1.807, 2.05) is 0 Å². The van der Waals surface area contributed by atoms with Gasteiger partial charge in [-0.05, 0) is 31.9 Å². The summed E-state index contributed by atoms with van der Waals surface area (Å²) in [6, 6.07) is 0.690. The van der Waals surface area contributed by atoms with Crippen LogP contribution in [0.4, 0.5) is 5.82 Å². The molecule has 0 radical (unpaired) electrons. The van der Waals surface area contributed by atoms with E-state index >= 15 is 0 Å². The topological polar surface area (TPSA) is 183 Å². The number of hydrogen-bond acceptors (Lipinski definition) is 9. The molecule has 1 saturated heterocycles. The minimum Gasteiger partial charge on any atom is -0.390 e. The number of aromatic nitrogens is 2. The number of hydrogen-bond donors (Lipinski definition) is 5. The fraction of sp³-hybridized carbons (Fsp3) is 0.778. The highest BCUT2D eigenvalue weighted by Crippen LogP contribution is 2.30. The molecule has 0 saturated carbocycles. The van der Waals surface area contributed by atoms with Gasteiger partial charge in [0.05, 0.1) is 12.1 Å². The van der Waals surface area contributed by atoms with Gasteiger partial charge in [0.15, 0.2) is 5.78 Å². The largest absolute Gasteiger partial charge is 0.390 e. The lowest BCUT2D eigenvalue weighted by molar-refractivity contribution is -0.141. The Morgan fingerprint density at radius 2 is 1.79 bits per heavy atom. The number of Topliss-reactive ketones (excluding diaryl/α,β-unsaturated/α-hetero) is 1. The number of anilines is 1. The molecule has 2 rings (SSSR count). The molecule has 1 aromatic heterocycles. The lowest BCUT2D eigenvalue weighted by Gasteiger charge is -2.20. The molecular weight excluding hydrogens is 490 g/mol. The van der Waals surface area contributed by atoms with Crippen LogP contribution in [-0.2, 0) is 14.3 Å². The number of ketones is 1. The number of unbranched alkanes of at least 4 members (excludes halogenated alkanes) is 9. The van der Waals surface area contributed by atoms with Crippen molar-refractivity contribution in [3.05, 3.63) is 22.7 Å². The molecule has 0 aliphatic carbocycles. The summed E-state index contributed by atoms with van der Waals surface area (Å²) in [6.45, 7) is 2.72. The van der Waals surface area contributed by atoms with E-state index in [0.29, 0.717) is 19.4 Å². The standard InChI is InChI=1S/C27H47N5O6/c1-2-3-4-5-6-7-8-9-10-14-20(33)24(35)25-21(34)18-23(38-25)32-17-15-22(31-27(32)37)30-26(36)19(29)13-11-12-16-28/h15,17,19,21,23-25,34-35H,2-14,16,18,28-29H2,1H3,(H,30,31,36,37)/t19-,21-,23+,24?,25-/m0/s1. The smallest absolute Gasteiger partial charge is 0.351 e. The highest BCUT2D eigenvalue weighted by atomic mass is 16.5. The van der Waals surface area contributed by atoms with E-state index in [0.717, 1.165) is 36.7 Å². The van der Waals surface area contributed by atoms with Gasteiger partial charge in [-0.15, -0.1) is 0 Å². The Hall–Kier alpha value is -2.18. The van der Waals surface area contributed by atoms with Gasteiger partial charge in [0, 0.05) is 19.0 Å². The molecule has 11 heteroatoms. The number of aliphatic hydroxyl groups is 2. The van der Waals surface area contributed by atoms with Crippen molar-refractivity contribution < 1.29 is 24.5 Å². The number of carbonyl (C=O) groups excluding carboxylic acids is 2. The molecule has 0 aromatic carbocycles. The maximum atomic E-state index is 12.6. The third kappa shape index (κ3) is 10.5. The van der Waals surface area contributed by atoms with Gasteiger partial charge in [-0.3, -0.25) is 14.2 Å². The van der Waals surface area contributed by atoms with Crippen molar-refractivity contribution in [3.63, 3.8) is 0 Å². The zero-order valence-electron chi connectivity index (χ0n) is 22.7. The molecule has 1 aliphatic heterocycles. The molecule has 0 spiro atoms. The first-order valence-corrected chi connectivity index (χ1v) is 14.2. The molecule has 1 aromatic rings. The summed E-state index contributed by atoms with van der Waals surface area (Å²) in [5, 5.41) is 23.5. The van der Waals surface area contributed by atoms with Crippen LogP contribution in [0.15, 0.2) is 17.1 Å². The van der Waals surface area contributed by atoms with Crippen molar-refractivity contribution in [2.45, 2.75) is 127 Å². The molecule has 38 heavy (non-hydrogen) atoms. The van der Waals surface area contributed by atoms with E-state index in [4.69, 9.17) is 16.2 Å². The molecule has 2 heterocycles. The zero-order chi connectivity index (χ0) is 27.9. The summed E-state index contributed by atoms with van der Waals surface area (Å²) < 4.78 is 6.88. The van der Waals surface area contributed by atoms with Crippen LogP contribution in [0.3, 0.4) is 0 Å². The Kier molecular flexibility index (Phi) is 14.7. The molecule has 216 valence electrons. The van der Waals surface area contributed by atoms with Gasteiger partial charge < -0.3 is 31.7 Å². The summed E-state index contributed by atoms with van der Waals surface area (Å²) in [6.07, 6.45) is 9.07. The van der Waals surface area contributed by atoms with Crippen molar-refractivity contribution in [2.24, 2.45) is 11.5 Å². The van der Waals surface area contributed by atoms with Crippen LogP contribution in [0.25, 0.3) is 0 Å². The number of carbonyl (C=O) groups is 2. The highest BCUT2D eigenvalue weighted by Gasteiger charge is 2.42. The van der Waals surface area contributed by atoms with Gasteiger partial charge in [-0.25, -0.2) is 4.79 Å². The lowest BCUT2D eigenvalue weighted by Crippen LogP contribution is -2.40. The third-order valence-corrected chi connectivity index (χ3v) is 7.00. The predicted octanol–water partition coefficient (Wildman–Crippen LogP) is 2.14. The van der Waals surface area contributed by atoms with Crippen molar-refractivity contribution in [3.8, 4) is 0 Å². The molecule has 1 amide bonds. The highest BCUT2D eigenvalue weighted by molar-refractivity contribution is 5.93. The number of nitrogens with two attached hydrogens (primary N) is 2. The summed E-state index contributed by atoms with van der Waals surface area (Å²) in [5.41, 5.74) is 10.6. The second kappa shape index (κ2) is 17.4. The minimum absolute atomic E-state index is 0.0202. The molecule has 0 bridgehead atoms. The predicted molar refractivity (Wildman–Crippen MR) is 145 cm³/mol. The maximum Gasteiger partial charge on any atom is 0.351 e. The first-order valence-electron chi connectivity index (χ1n) is 14.2. The van der Waals surface area contributed by atoms with Crippen molar-refractivity contribution in [1.82, 2.24) is 9.55 Å². The van der Waals surface area contributed by atoms with E-state index in [-0.39, 0.29) is 24.4 Å². The Bertz CT molecular complexity index is 910. The summed E-state index contributed by atoms with van der Waals surface area (Å²) in [5.74, 6) is -0.770. The van der Waals surface area contributed by atoms with E-state index in [9.17, 15) is 24.6 Å². The Labute approximate surface area is 225 Å². The summed E-state index contributed by atoms with van der Waals surface area (Å²) >= 11 is 0. The van der Waals surface area contributed by atoms with Crippen LogP contribution in [0.5, 0.6) is 0 Å².